The van der Waals surface area contributed by atoms with Gasteiger partial charge in [-0.25, -0.2) is 4.39 Å². The highest BCUT2D eigenvalue weighted by atomic mass is 19.1. The zero-order valence-corrected chi connectivity index (χ0v) is 16.2. The van der Waals surface area contributed by atoms with E-state index in [9.17, 15) is 14.0 Å². The summed E-state index contributed by atoms with van der Waals surface area (Å²) >= 11 is 0. The minimum Gasteiger partial charge on any atom is -0.339 e. The van der Waals surface area contributed by atoms with Crippen LogP contribution in [0.25, 0.3) is 0 Å². The van der Waals surface area contributed by atoms with E-state index in [0.717, 1.165) is 25.2 Å². The molecular weight excluding hydrogens is 357 g/mol. The fraction of sp³-hybridized carbons (Fsp3) is 0.364. The third-order valence-corrected chi connectivity index (χ3v) is 5.03. The lowest BCUT2D eigenvalue weighted by atomic mass is 10.2. The van der Waals surface area contributed by atoms with Gasteiger partial charge in [0.25, 0.3) is 0 Å². The highest BCUT2D eigenvalue weighted by molar-refractivity contribution is 5.84. The van der Waals surface area contributed by atoms with E-state index in [0.29, 0.717) is 19.6 Å². The molecule has 2 amide bonds. The zero-order chi connectivity index (χ0) is 19.9. The van der Waals surface area contributed by atoms with Crippen LogP contribution in [0.4, 0.5) is 4.39 Å². The molecule has 3 rings (SSSR count). The predicted octanol–water partition coefficient (Wildman–Crippen LogP) is 2.52. The molecule has 148 valence electrons. The molecule has 0 spiro atoms. The van der Waals surface area contributed by atoms with Gasteiger partial charge in [-0.2, -0.15) is 0 Å². The number of amides is 2. The second-order valence-electron chi connectivity index (χ2n) is 7.14. The number of halogens is 1. The van der Waals surface area contributed by atoms with E-state index in [4.69, 9.17) is 0 Å². The van der Waals surface area contributed by atoms with Crippen LogP contribution in [0.2, 0.25) is 0 Å². The molecule has 0 atom stereocenters. The Kier molecular flexibility index (Phi) is 6.76. The van der Waals surface area contributed by atoms with E-state index in [1.165, 1.54) is 29.5 Å². The number of carbonyl (C=O) groups is 2. The lowest BCUT2D eigenvalue weighted by molar-refractivity contribution is -0.141. The molecule has 2 aromatic carbocycles. The van der Waals surface area contributed by atoms with E-state index in [1.807, 2.05) is 23.1 Å². The number of rotatable bonds is 6. The molecule has 2 aromatic rings. The summed E-state index contributed by atoms with van der Waals surface area (Å²) in [6, 6.07) is 16.3. The van der Waals surface area contributed by atoms with E-state index in [1.54, 1.807) is 12.1 Å². The second-order valence-corrected chi connectivity index (χ2v) is 7.14. The molecule has 0 N–H and O–H groups in total. The van der Waals surface area contributed by atoms with Crippen LogP contribution in [-0.4, -0.2) is 59.2 Å². The van der Waals surface area contributed by atoms with Gasteiger partial charge >= 0.3 is 0 Å². The van der Waals surface area contributed by atoms with Gasteiger partial charge in [-0.1, -0.05) is 42.5 Å². The molecule has 1 fully saturated rings. The SMILES string of the molecule is CC(=O)N(CC(=O)N1CCN(Cc2ccccc2)CC1)Cc1ccc(F)cc1. The first-order chi connectivity index (χ1) is 13.5. The van der Waals surface area contributed by atoms with E-state index >= 15 is 0 Å². The van der Waals surface area contributed by atoms with Crippen LogP contribution < -0.4 is 0 Å². The van der Waals surface area contributed by atoms with Crippen LogP contribution in [0.3, 0.4) is 0 Å². The average molecular weight is 383 g/mol. The maximum absolute atomic E-state index is 13.1. The summed E-state index contributed by atoms with van der Waals surface area (Å²) in [7, 11) is 0. The Bertz CT molecular complexity index is 787. The van der Waals surface area contributed by atoms with Gasteiger partial charge < -0.3 is 9.80 Å². The molecule has 1 saturated heterocycles. The summed E-state index contributed by atoms with van der Waals surface area (Å²) in [6.45, 7) is 5.64. The normalized spacial score (nSPS) is 14.7. The molecular formula is C22H26FN3O2. The van der Waals surface area contributed by atoms with E-state index in [-0.39, 0.29) is 24.2 Å². The van der Waals surface area contributed by atoms with Crippen molar-refractivity contribution in [1.29, 1.82) is 0 Å². The van der Waals surface area contributed by atoms with Crippen molar-refractivity contribution >= 4 is 11.8 Å². The average Bonchev–Trinajstić information content (AvgIpc) is 2.70. The molecule has 0 unspecified atom stereocenters. The highest BCUT2D eigenvalue weighted by Crippen LogP contribution is 2.11. The minimum absolute atomic E-state index is 0.0447. The molecule has 28 heavy (non-hydrogen) atoms. The van der Waals surface area contributed by atoms with Gasteiger partial charge in [0.05, 0.1) is 0 Å². The number of nitrogens with zero attached hydrogens (tertiary/aromatic N) is 3. The molecule has 5 nitrogen and oxygen atoms in total. The van der Waals surface area contributed by atoms with Crippen LogP contribution in [0.5, 0.6) is 0 Å². The number of piperazine rings is 1. The van der Waals surface area contributed by atoms with Crippen molar-refractivity contribution in [2.45, 2.75) is 20.0 Å². The van der Waals surface area contributed by atoms with Gasteiger partial charge in [0, 0.05) is 46.2 Å². The van der Waals surface area contributed by atoms with Gasteiger partial charge in [-0.15, -0.1) is 0 Å². The van der Waals surface area contributed by atoms with Crippen molar-refractivity contribution in [3.8, 4) is 0 Å². The van der Waals surface area contributed by atoms with Crippen LogP contribution in [0, 0.1) is 5.82 Å². The Hall–Kier alpha value is -2.73. The number of benzene rings is 2. The lowest BCUT2D eigenvalue weighted by Gasteiger charge is -2.35. The zero-order valence-electron chi connectivity index (χ0n) is 16.2. The maximum Gasteiger partial charge on any atom is 0.242 e. The molecule has 1 heterocycles. The summed E-state index contributed by atoms with van der Waals surface area (Å²) < 4.78 is 13.1. The van der Waals surface area contributed by atoms with Crippen molar-refractivity contribution in [3.63, 3.8) is 0 Å². The highest BCUT2D eigenvalue weighted by Gasteiger charge is 2.23. The van der Waals surface area contributed by atoms with Crippen molar-refractivity contribution in [2.24, 2.45) is 0 Å². The van der Waals surface area contributed by atoms with Crippen LogP contribution in [0.1, 0.15) is 18.1 Å². The third-order valence-electron chi connectivity index (χ3n) is 5.03. The predicted molar refractivity (Wildman–Crippen MR) is 106 cm³/mol. The molecule has 0 bridgehead atoms. The number of carbonyl (C=O) groups excluding carboxylic acids is 2. The lowest BCUT2D eigenvalue weighted by Crippen LogP contribution is -2.51. The first kappa shape index (κ1) is 20.0. The quantitative estimate of drug-likeness (QED) is 0.770. The summed E-state index contributed by atoms with van der Waals surface area (Å²) in [5.74, 6) is -0.528. The smallest absolute Gasteiger partial charge is 0.242 e. The molecule has 0 aliphatic carbocycles. The van der Waals surface area contributed by atoms with Gasteiger partial charge in [-0.05, 0) is 23.3 Å². The minimum atomic E-state index is -0.317. The van der Waals surface area contributed by atoms with Crippen molar-refractivity contribution in [2.75, 3.05) is 32.7 Å². The first-order valence-corrected chi connectivity index (χ1v) is 9.55. The third kappa shape index (κ3) is 5.63. The monoisotopic (exact) mass is 383 g/mol. The second kappa shape index (κ2) is 9.46. The topological polar surface area (TPSA) is 43.9 Å². The molecule has 0 radical (unpaired) electrons. The Balaban J connectivity index is 1.50. The fourth-order valence-corrected chi connectivity index (χ4v) is 3.35. The first-order valence-electron chi connectivity index (χ1n) is 9.55. The molecule has 1 aliphatic heterocycles. The largest absolute Gasteiger partial charge is 0.339 e. The van der Waals surface area contributed by atoms with E-state index < -0.39 is 0 Å². The van der Waals surface area contributed by atoms with Gasteiger partial charge in [0.2, 0.25) is 11.8 Å². The Morgan fingerprint density at radius 1 is 0.929 bits per heavy atom. The summed E-state index contributed by atoms with van der Waals surface area (Å²) in [4.78, 5) is 30.3. The molecule has 1 aliphatic rings. The summed E-state index contributed by atoms with van der Waals surface area (Å²) in [6.07, 6.45) is 0. The van der Waals surface area contributed by atoms with Crippen LogP contribution in [-0.2, 0) is 22.7 Å². The van der Waals surface area contributed by atoms with Gasteiger partial charge in [0.15, 0.2) is 0 Å². The van der Waals surface area contributed by atoms with Crippen LogP contribution >= 0.6 is 0 Å². The number of hydrogen-bond acceptors (Lipinski definition) is 3. The van der Waals surface area contributed by atoms with Crippen molar-refractivity contribution < 1.29 is 14.0 Å². The summed E-state index contributed by atoms with van der Waals surface area (Å²) in [5.41, 5.74) is 2.07. The molecule has 0 saturated carbocycles. The molecule has 6 heteroatoms. The van der Waals surface area contributed by atoms with Crippen molar-refractivity contribution in [1.82, 2.24) is 14.7 Å². The molecule has 0 aromatic heterocycles. The number of hydrogen-bond donors (Lipinski definition) is 0. The van der Waals surface area contributed by atoms with Crippen LogP contribution in [0.15, 0.2) is 54.6 Å². The standard InChI is InChI=1S/C22H26FN3O2/c1-18(27)26(16-20-7-9-21(23)10-8-20)17-22(28)25-13-11-24(12-14-25)15-19-5-3-2-4-6-19/h2-10H,11-17H2,1H3. The van der Waals surface area contributed by atoms with Gasteiger partial charge in [0.1, 0.15) is 12.4 Å². The fourth-order valence-electron chi connectivity index (χ4n) is 3.35. The summed E-state index contributed by atoms with van der Waals surface area (Å²) in [5, 5.41) is 0. The Morgan fingerprint density at radius 3 is 2.18 bits per heavy atom. The maximum atomic E-state index is 13.1. The van der Waals surface area contributed by atoms with Crippen molar-refractivity contribution in [3.05, 3.63) is 71.5 Å². The Morgan fingerprint density at radius 2 is 1.57 bits per heavy atom. The van der Waals surface area contributed by atoms with Gasteiger partial charge in [-0.3, -0.25) is 14.5 Å². The Labute approximate surface area is 165 Å². The van der Waals surface area contributed by atoms with E-state index in [2.05, 4.69) is 17.0 Å².